The summed E-state index contributed by atoms with van der Waals surface area (Å²) in [6, 6.07) is 14.1. The lowest BCUT2D eigenvalue weighted by atomic mass is 9.83. The minimum Gasteiger partial charge on any atom is -0.484 e. The number of carboxylic acid groups (broad SMARTS) is 1. The number of thioether (sulfide) groups is 1. The second-order valence-electron chi connectivity index (χ2n) is 8.63. The number of aromatic nitrogens is 1. The Bertz CT molecular complexity index is 1460. The van der Waals surface area contributed by atoms with Gasteiger partial charge in [-0.05, 0) is 36.2 Å². The van der Waals surface area contributed by atoms with E-state index >= 15 is 0 Å². The lowest BCUT2D eigenvalue weighted by Crippen LogP contribution is -2.36. The summed E-state index contributed by atoms with van der Waals surface area (Å²) >= 11 is 2.05. The number of rotatable bonds is 7. The molecule has 0 radical (unpaired) electrons. The van der Waals surface area contributed by atoms with Crippen LogP contribution >= 0.6 is 23.1 Å². The molecule has 0 saturated carbocycles. The van der Waals surface area contributed by atoms with Gasteiger partial charge in [0.1, 0.15) is 17.5 Å². The highest BCUT2D eigenvalue weighted by molar-refractivity contribution is 8.00. The molecule has 12 heteroatoms. The number of benzene rings is 2. The monoisotopic (exact) mass is 539 g/mol. The Morgan fingerprint density at radius 3 is 2.51 bits per heavy atom. The third kappa shape index (κ3) is 4.77. The van der Waals surface area contributed by atoms with Gasteiger partial charge in [0.05, 0.1) is 10.9 Å². The minimum absolute atomic E-state index is 0.209. The van der Waals surface area contributed by atoms with Crippen molar-refractivity contribution >= 4 is 52.5 Å². The van der Waals surface area contributed by atoms with Crippen molar-refractivity contribution in [3.63, 3.8) is 0 Å². The molecule has 0 bridgehead atoms. The van der Waals surface area contributed by atoms with Gasteiger partial charge in [0.15, 0.2) is 6.61 Å². The van der Waals surface area contributed by atoms with Crippen molar-refractivity contribution in [2.24, 2.45) is 5.92 Å². The zero-order valence-electron chi connectivity index (χ0n) is 19.4. The lowest BCUT2D eigenvalue weighted by molar-refractivity contribution is -0.149. The molecule has 2 aromatic carbocycles. The van der Waals surface area contributed by atoms with Gasteiger partial charge in [-0.3, -0.25) is 28.9 Å². The highest BCUT2D eigenvalue weighted by Gasteiger charge is 2.56. The molecule has 1 aromatic heterocycles. The zero-order chi connectivity index (χ0) is 26.3. The standard InChI is InChI=1S/C25H21N3O7S2/c1-12-4-2-3-5-15(12)26-16(29)11-35-14-8-6-13(7-9-14)18-19-21(36-22-20(18)37-25(34)27-22)24(33)28(23(19)32)10-17(30)31/h2-9,18-19,21H,10-11H2,1H3,(H,26,29)(H,27,34)(H,30,31)/t18-,19+,21-/m0/s1. The summed E-state index contributed by atoms with van der Waals surface area (Å²) in [6.45, 7) is 0.970. The molecule has 3 aromatic rings. The number of H-pyrrole nitrogens is 1. The number of aliphatic carboxylic acids is 1. The van der Waals surface area contributed by atoms with E-state index in [0.29, 0.717) is 26.9 Å². The van der Waals surface area contributed by atoms with Crippen LogP contribution in [0.2, 0.25) is 0 Å². The third-order valence-electron chi connectivity index (χ3n) is 6.24. The zero-order valence-corrected chi connectivity index (χ0v) is 21.1. The molecule has 2 aliphatic heterocycles. The Kier molecular flexibility index (Phi) is 6.61. The van der Waals surface area contributed by atoms with E-state index in [1.807, 2.05) is 25.1 Å². The normalized spacial score (nSPS) is 20.4. The number of nitrogens with one attached hydrogen (secondary N) is 2. The first-order chi connectivity index (χ1) is 17.7. The summed E-state index contributed by atoms with van der Waals surface area (Å²) in [7, 11) is 0. The number of hydrogen-bond acceptors (Lipinski definition) is 8. The van der Waals surface area contributed by atoms with E-state index in [1.165, 1.54) is 0 Å². The third-order valence-corrected chi connectivity index (χ3v) is 8.64. The van der Waals surface area contributed by atoms with Crippen LogP contribution in [0, 0.1) is 12.8 Å². The van der Waals surface area contributed by atoms with Crippen LogP contribution in [0.15, 0.2) is 58.4 Å². The number of ether oxygens (including phenoxy) is 1. The number of thiazole rings is 1. The SMILES string of the molecule is Cc1ccccc1NC(=O)COc1ccc([C@@H]2c3sc(=O)[nH]c3S[C@@H]3C(=O)N(CC(=O)O)C(=O)[C@H]23)cc1. The molecular weight excluding hydrogens is 518 g/mol. The van der Waals surface area contributed by atoms with Crippen LogP contribution in [0.4, 0.5) is 5.69 Å². The van der Waals surface area contributed by atoms with Crippen LogP contribution in [0.25, 0.3) is 0 Å². The maximum atomic E-state index is 13.2. The van der Waals surface area contributed by atoms with Gasteiger partial charge < -0.3 is 20.1 Å². The Hall–Kier alpha value is -3.90. The first kappa shape index (κ1) is 24.8. The quantitative estimate of drug-likeness (QED) is 0.388. The second-order valence-corrected chi connectivity index (χ2v) is 10.8. The molecule has 10 nitrogen and oxygen atoms in total. The molecule has 37 heavy (non-hydrogen) atoms. The summed E-state index contributed by atoms with van der Waals surface area (Å²) in [5, 5.41) is 11.6. The van der Waals surface area contributed by atoms with Crippen LogP contribution < -0.4 is 14.9 Å². The summed E-state index contributed by atoms with van der Waals surface area (Å²) in [5.74, 6) is -3.78. The Morgan fingerprint density at radius 2 is 1.81 bits per heavy atom. The molecule has 3 atom stereocenters. The van der Waals surface area contributed by atoms with Gasteiger partial charge in [0.25, 0.3) is 5.91 Å². The molecule has 1 fully saturated rings. The van der Waals surface area contributed by atoms with Crippen LogP contribution in [0.5, 0.6) is 5.75 Å². The van der Waals surface area contributed by atoms with E-state index in [4.69, 9.17) is 4.74 Å². The number of carboxylic acids is 1. The average Bonchev–Trinajstić information content (AvgIpc) is 3.35. The van der Waals surface area contributed by atoms with E-state index in [1.54, 1.807) is 30.3 Å². The van der Waals surface area contributed by atoms with Gasteiger partial charge in [0.2, 0.25) is 11.8 Å². The molecule has 3 amide bonds. The molecule has 3 N–H and O–H groups in total. The number of nitrogens with zero attached hydrogens (tertiary/aromatic N) is 1. The van der Waals surface area contributed by atoms with Crippen molar-refractivity contribution in [3.05, 3.63) is 74.2 Å². The molecular formula is C25H21N3O7S2. The summed E-state index contributed by atoms with van der Waals surface area (Å²) < 4.78 is 5.62. The average molecular weight is 540 g/mol. The topological polar surface area (TPSA) is 146 Å². The molecule has 0 unspecified atom stereocenters. The number of amides is 3. The van der Waals surface area contributed by atoms with Gasteiger partial charge in [-0.15, -0.1) is 0 Å². The van der Waals surface area contributed by atoms with Crippen molar-refractivity contribution in [2.75, 3.05) is 18.5 Å². The van der Waals surface area contributed by atoms with Crippen molar-refractivity contribution in [1.29, 1.82) is 0 Å². The van der Waals surface area contributed by atoms with Crippen molar-refractivity contribution < 1.29 is 29.0 Å². The highest BCUT2D eigenvalue weighted by Crippen LogP contribution is 2.52. The Morgan fingerprint density at radius 1 is 1.08 bits per heavy atom. The number of para-hydroxylation sites is 1. The second kappa shape index (κ2) is 9.87. The summed E-state index contributed by atoms with van der Waals surface area (Å²) in [6.07, 6.45) is 0. The fourth-order valence-electron chi connectivity index (χ4n) is 4.54. The number of aryl methyl sites for hydroxylation is 1. The summed E-state index contributed by atoms with van der Waals surface area (Å²) in [5.41, 5.74) is 2.30. The van der Waals surface area contributed by atoms with Crippen LogP contribution in [-0.4, -0.2) is 57.1 Å². The number of carbonyl (C=O) groups is 4. The smallest absolute Gasteiger partial charge is 0.323 e. The van der Waals surface area contributed by atoms with Crippen molar-refractivity contribution in [2.45, 2.75) is 23.1 Å². The Labute approximate surface area is 218 Å². The molecule has 0 aliphatic carbocycles. The molecule has 190 valence electrons. The molecule has 3 heterocycles. The predicted octanol–water partition coefficient (Wildman–Crippen LogP) is 2.44. The fraction of sp³-hybridized carbons (Fsp3) is 0.240. The van der Waals surface area contributed by atoms with Gasteiger partial charge >= 0.3 is 10.8 Å². The van der Waals surface area contributed by atoms with Crippen LogP contribution in [0.1, 0.15) is 21.9 Å². The molecule has 5 rings (SSSR count). The number of likely N-dealkylation sites (tertiary alicyclic amines) is 1. The maximum absolute atomic E-state index is 13.2. The Balaban J connectivity index is 1.36. The van der Waals surface area contributed by atoms with E-state index in [0.717, 1.165) is 33.6 Å². The number of carbonyl (C=O) groups excluding carboxylic acids is 3. The van der Waals surface area contributed by atoms with E-state index in [-0.39, 0.29) is 17.4 Å². The number of fused-ring (bicyclic) bond motifs is 2. The van der Waals surface area contributed by atoms with Gasteiger partial charge in [-0.25, -0.2) is 0 Å². The van der Waals surface area contributed by atoms with Crippen LogP contribution in [0.3, 0.4) is 0 Å². The first-order valence-corrected chi connectivity index (χ1v) is 13.0. The van der Waals surface area contributed by atoms with Crippen molar-refractivity contribution in [1.82, 2.24) is 9.88 Å². The maximum Gasteiger partial charge on any atom is 0.323 e. The number of imide groups is 1. The van der Waals surface area contributed by atoms with E-state index in [2.05, 4.69) is 10.3 Å². The molecule has 1 saturated heterocycles. The van der Waals surface area contributed by atoms with Crippen LogP contribution in [-0.2, 0) is 19.2 Å². The lowest BCUT2D eigenvalue weighted by Gasteiger charge is -2.29. The van der Waals surface area contributed by atoms with Gasteiger partial charge in [0, 0.05) is 16.5 Å². The van der Waals surface area contributed by atoms with E-state index < -0.39 is 41.4 Å². The predicted molar refractivity (Wildman–Crippen MR) is 136 cm³/mol. The molecule has 0 spiro atoms. The summed E-state index contributed by atoms with van der Waals surface area (Å²) in [4.78, 5) is 65.6. The molecule has 2 aliphatic rings. The number of aromatic amines is 1. The van der Waals surface area contributed by atoms with Crippen molar-refractivity contribution in [3.8, 4) is 5.75 Å². The first-order valence-electron chi connectivity index (χ1n) is 11.3. The fourth-order valence-corrected chi connectivity index (χ4v) is 7.08. The minimum atomic E-state index is -1.28. The van der Waals surface area contributed by atoms with Gasteiger partial charge in [-0.2, -0.15) is 0 Å². The highest BCUT2D eigenvalue weighted by atomic mass is 32.2. The largest absolute Gasteiger partial charge is 0.484 e. The number of hydrogen-bond donors (Lipinski definition) is 3. The number of anilines is 1. The van der Waals surface area contributed by atoms with Gasteiger partial charge in [-0.1, -0.05) is 53.4 Å². The van der Waals surface area contributed by atoms with E-state index in [9.17, 15) is 29.1 Å².